The molecule has 6 heteroatoms. The second-order valence-electron chi connectivity index (χ2n) is 5.73. The van der Waals surface area contributed by atoms with Crippen LogP contribution in [-0.4, -0.2) is 38.3 Å². The second-order valence-corrected chi connectivity index (χ2v) is 6.96. The summed E-state index contributed by atoms with van der Waals surface area (Å²) in [6.07, 6.45) is 5.73. The highest BCUT2D eigenvalue weighted by Gasteiger charge is 2.41. The third-order valence-electron chi connectivity index (χ3n) is 4.05. The van der Waals surface area contributed by atoms with Gasteiger partial charge in [0.1, 0.15) is 16.9 Å². The van der Waals surface area contributed by atoms with Gasteiger partial charge in [-0.2, -0.15) is 0 Å². The van der Waals surface area contributed by atoms with E-state index in [4.69, 9.17) is 0 Å². The molecule has 1 aliphatic carbocycles. The zero-order valence-corrected chi connectivity index (χ0v) is 12.3. The van der Waals surface area contributed by atoms with E-state index in [1.807, 2.05) is 11.8 Å². The van der Waals surface area contributed by atoms with Crippen molar-refractivity contribution < 1.29 is 0 Å². The van der Waals surface area contributed by atoms with Crippen LogP contribution in [0.3, 0.4) is 0 Å². The standard InChI is InChI=1S/C13H19N5S/c1-13(2)5-4-8(10(13)14-3)19-12-9-11(16-6-15-9)17-7-18-12/h6-8,10,14H,4-5H2,1-3H3,(H,15,16,17,18). The van der Waals surface area contributed by atoms with Gasteiger partial charge in [-0.15, -0.1) is 0 Å². The maximum Gasteiger partial charge on any atom is 0.181 e. The first-order valence-corrected chi connectivity index (χ1v) is 7.48. The van der Waals surface area contributed by atoms with Gasteiger partial charge >= 0.3 is 0 Å². The van der Waals surface area contributed by atoms with E-state index in [1.165, 1.54) is 12.8 Å². The van der Waals surface area contributed by atoms with Crippen molar-refractivity contribution in [2.75, 3.05) is 7.05 Å². The summed E-state index contributed by atoms with van der Waals surface area (Å²) in [6, 6.07) is 0.505. The summed E-state index contributed by atoms with van der Waals surface area (Å²) in [5.41, 5.74) is 2.04. The molecular weight excluding hydrogens is 258 g/mol. The van der Waals surface area contributed by atoms with Gasteiger partial charge in [0.2, 0.25) is 0 Å². The predicted octanol–water partition coefficient (Wildman–Crippen LogP) is 2.22. The van der Waals surface area contributed by atoms with Crippen LogP contribution in [-0.2, 0) is 0 Å². The summed E-state index contributed by atoms with van der Waals surface area (Å²) in [7, 11) is 2.05. The second kappa shape index (κ2) is 4.76. The van der Waals surface area contributed by atoms with Crippen molar-refractivity contribution in [3.05, 3.63) is 12.7 Å². The van der Waals surface area contributed by atoms with E-state index >= 15 is 0 Å². The fourth-order valence-corrected chi connectivity index (χ4v) is 4.56. The average Bonchev–Trinajstić information content (AvgIpc) is 2.94. The van der Waals surface area contributed by atoms with E-state index in [0.717, 1.165) is 16.2 Å². The quantitative estimate of drug-likeness (QED) is 0.842. The Bertz CT molecular complexity index is 579. The lowest BCUT2D eigenvalue weighted by atomic mass is 9.87. The first-order valence-electron chi connectivity index (χ1n) is 6.60. The van der Waals surface area contributed by atoms with Crippen LogP contribution in [0.4, 0.5) is 0 Å². The van der Waals surface area contributed by atoms with E-state index in [0.29, 0.717) is 16.7 Å². The van der Waals surface area contributed by atoms with Gasteiger partial charge in [-0.1, -0.05) is 25.6 Å². The molecule has 2 atom stereocenters. The van der Waals surface area contributed by atoms with Crippen LogP contribution in [0.5, 0.6) is 0 Å². The van der Waals surface area contributed by atoms with Gasteiger partial charge in [-0.3, -0.25) is 0 Å². The number of nitrogens with one attached hydrogen (secondary N) is 2. The lowest BCUT2D eigenvalue weighted by Crippen LogP contribution is -2.41. The van der Waals surface area contributed by atoms with Crippen molar-refractivity contribution in [1.29, 1.82) is 0 Å². The lowest BCUT2D eigenvalue weighted by Gasteiger charge is -2.29. The Morgan fingerprint density at radius 2 is 2.21 bits per heavy atom. The summed E-state index contributed by atoms with van der Waals surface area (Å²) in [5.74, 6) is 0. The largest absolute Gasteiger partial charge is 0.341 e. The van der Waals surface area contributed by atoms with Crippen LogP contribution in [0, 0.1) is 5.41 Å². The molecule has 19 heavy (non-hydrogen) atoms. The molecule has 1 aliphatic rings. The predicted molar refractivity (Wildman–Crippen MR) is 77.2 cm³/mol. The van der Waals surface area contributed by atoms with Gasteiger partial charge in [0.05, 0.1) is 6.33 Å². The van der Waals surface area contributed by atoms with E-state index in [9.17, 15) is 0 Å². The topological polar surface area (TPSA) is 66.5 Å². The van der Waals surface area contributed by atoms with Gasteiger partial charge < -0.3 is 10.3 Å². The molecule has 1 fully saturated rings. The molecule has 0 aromatic carbocycles. The normalized spacial score (nSPS) is 26.1. The van der Waals surface area contributed by atoms with Crippen LogP contribution < -0.4 is 5.32 Å². The lowest BCUT2D eigenvalue weighted by molar-refractivity contribution is 0.300. The molecule has 102 valence electrons. The molecule has 0 bridgehead atoms. The summed E-state index contributed by atoms with van der Waals surface area (Å²) < 4.78 is 0. The number of aromatic amines is 1. The fourth-order valence-electron chi connectivity index (χ4n) is 3.02. The summed E-state index contributed by atoms with van der Waals surface area (Å²) in [6.45, 7) is 4.67. The molecule has 5 nitrogen and oxygen atoms in total. The smallest absolute Gasteiger partial charge is 0.181 e. The summed E-state index contributed by atoms with van der Waals surface area (Å²) in [4.78, 5) is 15.9. The molecule has 2 unspecified atom stereocenters. The molecule has 0 saturated heterocycles. The number of thioether (sulfide) groups is 1. The van der Waals surface area contributed by atoms with Gasteiger partial charge in [0, 0.05) is 11.3 Å². The molecular formula is C13H19N5S. The molecule has 0 radical (unpaired) electrons. The number of hydrogen-bond acceptors (Lipinski definition) is 5. The van der Waals surface area contributed by atoms with Crippen LogP contribution in [0.1, 0.15) is 26.7 Å². The third-order valence-corrected chi connectivity index (χ3v) is 5.39. The summed E-state index contributed by atoms with van der Waals surface area (Å²) in [5, 5.41) is 5.02. The van der Waals surface area contributed by atoms with Crippen LogP contribution in [0.15, 0.2) is 17.7 Å². The SMILES string of the molecule is CNC1C(Sc2ncnc3nc[nH]c23)CCC1(C)C. The van der Waals surface area contributed by atoms with Crippen molar-refractivity contribution in [3.63, 3.8) is 0 Å². The zero-order chi connectivity index (χ0) is 13.5. The monoisotopic (exact) mass is 277 g/mol. The number of aromatic nitrogens is 4. The van der Waals surface area contributed by atoms with E-state index in [1.54, 1.807) is 12.7 Å². The number of imidazole rings is 1. The number of nitrogens with zero attached hydrogens (tertiary/aromatic N) is 3. The Morgan fingerprint density at radius 1 is 1.37 bits per heavy atom. The van der Waals surface area contributed by atoms with Gasteiger partial charge in [0.15, 0.2) is 5.65 Å². The number of fused-ring (bicyclic) bond motifs is 1. The minimum Gasteiger partial charge on any atom is -0.341 e. The van der Waals surface area contributed by atoms with Crippen molar-refractivity contribution in [3.8, 4) is 0 Å². The molecule has 0 amide bonds. The highest BCUT2D eigenvalue weighted by molar-refractivity contribution is 8.00. The average molecular weight is 277 g/mol. The fraction of sp³-hybridized carbons (Fsp3) is 0.615. The highest BCUT2D eigenvalue weighted by atomic mass is 32.2. The Labute approximate surface area is 117 Å². The van der Waals surface area contributed by atoms with Gasteiger partial charge in [-0.25, -0.2) is 15.0 Å². The van der Waals surface area contributed by atoms with Crippen LogP contribution in [0.25, 0.3) is 11.2 Å². The maximum absolute atomic E-state index is 4.41. The molecule has 0 aliphatic heterocycles. The number of H-pyrrole nitrogens is 1. The highest BCUT2D eigenvalue weighted by Crippen LogP contribution is 2.45. The number of hydrogen-bond donors (Lipinski definition) is 2. The molecule has 3 rings (SSSR count). The Hall–Kier alpha value is -1.14. The first kappa shape index (κ1) is 12.9. The third kappa shape index (κ3) is 2.23. The van der Waals surface area contributed by atoms with E-state index < -0.39 is 0 Å². The van der Waals surface area contributed by atoms with Crippen molar-refractivity contribution in [2.24, 2.45) is 5.41 Å². The molecule has 2 aromatic heterocycles. The Morgan fingerprint density at radius 3 is 3.00 bits per heavy atom. The Balaban J connectivity index is 1.87. The molecule has 2 N–H and O–H groups in total. The van der Waals surface area contributed by atoms with Crippen molar-refractivity contribution >= 4 is 22.9 Å². The van der Waals surface area contributed by atoms with Crippen molar-refractivity contribution in [1.82, 2.24) is 25.3 Å². The van der Waals surface area contributed by atoms with Gasteiger partial charge in [0.25, 0.3) is 0 Å². The van der Waals surface area contributed by atoms with E-state index in [-0.39, 0.29) is 0 Å². The zero-order valence-electron chi connectivity index (χ0n) is 11.5. The first-order chi connectivity index (χ1) is 9.12. The molecule has 2 aromatic rings. The van der Waals surface area contributed by atoms with Crippen LogP contribution in [0.2, 0.25) is 0 Å². The molecule has 1 saturated carbocycles. The molecule has 0 spiro atoms. The summed E-state index contributed by atoms with van der Waals surface area (Å²) >= 11 is 1.84. The van der Waals surface area contributed by atoms with E-state index in [2.05, 4.69) is 46.1 Å². The van der Waals surface area contributed by atoms with Crippen molar-refractivity contribution in [2.45, 2.75) is 43.0 Å². The minimum absolute atomic E-state index is 0.340. The maximum atomic E-state index is 4.41. The van der Waals surface area contributed by atoms with Crippen LogP contribution >= 0.6 is 11.8 Å². The number of rotatable bonds is 3. The minimum atomic E-state index is 0.340. The van der Waals surface area contributed by atoms with Gasteiger partial charge in [-0.05, 0) is 25.3 Å². The molecule has 2 heterocycles. The Kier molecular flexibility index (Phi) is 3.22.